The predicted molar refractivity (Wildman–Crippen MR) is 104 cm³/mol. The monoisotopic (exact) mass is 402 g/mol. The van der Waals surface area contributed by atoms with Gasteiger partial charge in [-0.2, -0.15) is 13.2 Å². The first kappa shape index (κ1) is 21.2. The second-order valence-corrected chi connectivity index (χ2v) is 8.31. The number of hydrogen-bond acceptors (Lipinski definition) is 4. The van der Waals surface area contributed by atoms with Crippen molar-refractivity contribution in [1.29, 1.82) is 0 Å². The lowest BCUT2D eigenvalue weighted by atomic mass is 9.91. The fourth-order valence-corrected chi connectivity index (χ4v) is 4.42. The summed E-state index contributed by atoms with van der Waals surface area (Å²) in [6, 6.07) is 5.01. The Morgan fingerprint density at radius 1 is 1.07 bits per heavy atom. The van der Waals surface area contributed by atoms with Gasteiger partial charge >= 0.3 is 6.18 Å². The zero-order valence-electron chi connectivity index (χ0n) is 16.5. The van der Waals surface area contributed by atoms with Gasteiger partial charge in [-0.25, -0.2) is 4.39 Å². The Kier molecular flexibility index (Phi) is 6.39. The van der Waals surface area contributed by atoms with Crippen LogP contribution in [0.4, 0.5) is 28.9 Å². The molecule has 4 nitrogen and oxygen atoms in total. The van der Waals surface area contributed by atoms with E-state index in [2.05, 4.69) is 5.32 Å². The first-order valence-electron chi connectivity index (χ1n) is 10.0. The smallest absolute Gasteiger partial charge is 0.382 e. The molecule has 2 atom stereocenters. The second kappa shape index (κ2) is 8.45. The van der Waals surface area contributed by atoms with Gasteiger partial charge in [-0.1, -0.05) is 0 Å². The summed E-state index contributed by atoms with van der Waals surface area (Å²) in [5.41, 5.74) is 7.10. The topological polar surface area (TPSA) is 44.5 Å². The summed E-state index contributed by atoms with van der Waals surface area (Å²) < 4.78 is 53.2. The molecular formula is C20H30F4N4. The third-order valence-corrected chi connectivity index (χ3v) is 5.89. The molecule has 1 saturated heterocycles. The molecule has 0 bridgehead atoms. The molecule has 2 aliphatic rings. The van der Waals surface area contributed by atoms with Gasteiger partial charge in [0.1, 0.15) is 5.82 Å². The molecule has 3 rings (SSSR count). The number of rotatable bonds is 4. The maximum Gasteiger partial charge on any atom is 0.401 e. The van der Waals surface area contributed by atoms with Crippen molar-refractivity contribution in [2.75, 3.05) is 29.9 Å². The molecule has 1 heterocycles. The average molecular weight is 402 g/mol. The van der Waals surface area contributed by atoms with E-state index < -0.39 is 12.7 Å². The van der Waals surface area contributed by atoms with E-state index in [9.17, 15) is 17.6 Å². The Hall–Kier alpha value is -1.54. The first-order chi connectivity index (χ1) is 13.1. The van der Waals surface area contributed by atoms with E-state index in [0.717, 1.165) is 31.4 Å². The average Bonchev–Trinajstić information content (AvgIpc) is 2.59. The van der Waals surface area contributed by atoms with Gasteiger partial charge in [0.15, 0.2) is 0 Å². The number of anilines is 2. The van der Waals surface area contributed by atoms with Crippen LogP contribution >= 0.6 is 0 Å². The van der Waals surface area contributed by atoms with E-state index in [4.69, 9.17) is 5.73 Å². The Morgan fingerprint density at radius 3 is 2.21 bits per heavy atom. The van der Waals surface area contributed by atoms with Crippen LogP contribution in [0.25, 0.3) is 0 Å². The SMILES string of the molecule is CC1CN(c2ccc(NC3CCC(N)CC3)cc2F)CC(C)N1CC(F)(F)F. The Bertz CT molecular complexity index is 646. The number of alkyl halides is 3. The number of nitrogens with two attached hydrogens (primary N) is 1. The normalized spacial score (nSPS) is 29.8. The highest BCUT2D eigenvalue weighted by molar-refractivity contribution is 5.57. The summed E-state index contributed by atoms with van der Waals surface area (Å²) in [5.74, 6) is -0.346. The van der Waals surface area contributed by atoms with Crippen LogP contribution in [-0.2, 0) is 0 Å². The van der Waals surface area contributed by atoms with Gasteiger partial charge in [-0.3, -0.25) is 4.90 Å². The van der Waals surface area contributed by atoms with E-state index in [0.29, 0.717) is 24.8 Å². The van der Waals surface area contributed by atoms with E-state index in [1.165, 1.54) is 11.0 Å². The minimum absolute atomic E-state index is 0.261. The zero-order chi connectivity index (χ0) is 20.5. The molecule has 8 heteroatoms. The minimum Gasteiger partial charge on any atom is -0.382 e. The molecule has 0 spiro atoms. The summed E-state index contributed by atoms with van der Waals surface area (Å²) in [6.45, 7) is 3.32. The first-order valence-corrected chi connectivity index (χ1v) is 10.0. The quantitative estimate of drug-likeness (QED) is 0.748. The second-order valence-electron chi connectivity index (χ2n) is 8.31. The molecular weight excluding hydrogens is 372 g/mol. The van der Waals surface area contributed by atoms with Gasteiger partial charge in [-0.15, -0.1) is 0 Å². The molecule has 1 aliphatic carbocycles. The lowest BCUT2D eigenvalue weighted by Crippen LogP contribution is -2.59. The van der Waals surface area contributed by atoms with Crippen molar-refractivity contribution in [3.05, 3.63) is 24.0 Å². The summed E-state index contributed by atoms with van der Waals surface area (Å²) in [5, 5.41) is 3.38. The molecule has 28 heavy (non-hydrogen) atoms. The van der Waals surface area contributed by atoms with Crippen LogP contribution in [0.15, 0.2) is 18.2 Å². The highest BCUT2D eigenvalue weighted by Gasteiger charge is 2.38. The van der Waals surface area contributed by atoms with Crippen LogP contribution in [0.3, 0.4) is 0 Å². The van der Waals surface area contributed by atoms with Crippen molar-refractivity contribution in [3.8, 4) is 0 Å². The van der Waals surface area contributed by atoms with Gasteiger partial charge in [0, 0.05) is 42.9 Å². The number of nitrogens with zero attached hydrogens (tertiary/aromatic N) is 2. The maximum absolute atomic E-state index is 14.8. The highest BCUT2D eigenvalue weighted by Crippen LogP contribution is 2.30. The van der Waals surface area contributed by atoms with E-state index in [1.54, 1.807) is 19.9 Å². The molecule has 2 unspecified atom stereocenters. The molecule has 0 radical (unpaired) electrons. The fraction of sp³-hybridized carbons (Fsp3) is 0.700. The van der Waals surface area contributed by atoms with E-state index in [1.807, 2.05) is 11.0 Å². The number of nitrogens with one attached hydrogen (secondary N) is 1. The van der Waals surface area contributed by atoms with Crippen LogP contribution in [0.2, 0.25) is 0 Å². The fourth-order valence-electron chi connectivity index (χ4n) is 4.42. The summed E-state index contributed by atoms with van der Waals surface area (Å²) in [6.07, 6.45) is -0.347. The van der Waals surface area contributed by atoms with Crippen molar-refractivity contribution in [3.63, 3.8) is 0 Å². The molecule has 0 aromatic heterocycles. The third-order valence-electron chi connectivity index (χ3n) is 5.89. The van der Waals surface area contributed by atoms with Crippen LogP contribution in [-0.4, -0.2) is 54.9 Å². The molecule has 0 amide bonds. The van der Waals surface area contributed by atoms with Crippen molar-refractivity contribution in [2.45, 2.75) is 69.9 Å². The number of halogens is 4. The van der Waals surface area contributed by atoms with Gasteiger partial charge in [0.05, 0.1) is 12.2 Å². The van der Waals surface area contributed by atoms with Crippen LogP contribution in [0, 0.1) is 5.82 Å². The predicted octanol–water partition coefficient (Wildman–Crippen LogP) is 3.97. The van der Waals surface area contributed by atoms with Crippen molar-refractivity contribution in [1.82, 2.24) is 4.90 Å². The van der Waals surface area contributed by atoms with Gasteiger partial charge < -0.3 is 16.0 Å². The summed E-state index contributed by atoms with van der Waals surface area (Å²) >= 11 is 0. The number of benzene rings is 1. The Morgan fingerprint density at radius 2 is 1.68 bits per heavy atom. The lowest BCUT2D eigenvalue weighted by molar-refractivity contribution is -0.156. The van der Waals surface area contributed by atoms with E-state index >= 15 is 0 Å². The number of piperazine rings is 1. The maximum atomic E-state index is 14.8. The highest BCUT2D eigenvalue weighted by atomic mass is 19.4. The standard InChI is InChI=1S/C20H30F4N4/c1-13-10-27(11-14(2)28(13)12-20(22,23)24)19-8-7-17(9-18(19)21)26-16-5-3-15(25)4-6-16/h7-9,13-16,26H,3-6,10-12,25H2,1-2H3. The summed E-state index contributed by atoms with van der Waals surface area (Å²) in [4.78, 5) is 3.29. The molecule has 158 valence electrons. The van der Waals surface area contributed by atoms with Crippen LogP contribution < -0.4 is 16.0 Å². The van der Waals surface area contributed by atoms with Gasteiger partial charge in [0.25, 0.3) is 0 Å². The van der Waals surface area contributed by atoms with Crippen molar-refractivity contribution < 1.29 is 17.6 Å². The van der Waals surface area contributed by atoms with Gasteiger partial charge in [0.2, 0.25) is 0 Å². The Labute approximate surface area is 164 Å². The minimum atomic E-state index is -4.23. The van der Waals surface area contributed by atoms with Crippen molar-refractivity contribution in [2.24, 2.45) is 5.73 Å². The van der Waals surface area contributed by atoms with Crippen LogP contribution in [0.1, 0.15) is 39.5 Å². The lowest BCUT2D eigenvalue weighted by Gasteiger charge is -2.45. The van der Waals surface area contributed by atoms with E-state index in [-0.39, 0.29) is 23.9 Å². The van der Waals surface area contributed by atoms with Gasteiger partial charge in [-0.05, 0) is 57.7 Å². The zero-order valence-corrected chi connectivity index (χ0v) is 16.5. The molecule has 2 fully saturated rings. The van der Waals surface area contributed by atoms with Crippen molar-refractivity contribution >= 4 is 11.4 Å². The largest absolute Gasteiger partial charge is 0.401 e. The van der Waals surface area contributed by atoms with Crippen LogP contribution in [0.5, 0.6) is 0 Å². The molecule has 1 aromatic carbocycles. The molecule has 1 aromatic rings. The molecule has 1 saturated carbocycles. The molecule has 1 aliphatic heterocycles. The number of hydrogen-bond donors (Lipinski definition) is 2. The molecule has 3 N–H and O–H groups in total. The summed E-state index contributed by atoms with van der Waals surface area (Å²) in [7, 11) is 0. The Balaban J connectivity index is 1.64. The third kappa shape index (κ3) is 5.29.